The maximum absolute atomic E-state index is 5.13. The molecule has 1 aromatic carbocycles. The monoisotopic (exact) mass is 173 g/mol. The summed E-state index contributed by atoms with van der Waals surface area (Å²) in [5.74, 6) is 0.765. The molecule has 66 valence electrons. The van der Waals surface area contributed by atoms with Gasteiger partial charge in [-0.1, -0.05) is 30.4 Å². The highest BCUT2D eigenvalue weighted by molar-refractivity contribution is 5.85. The van der Waals surface area contributed by atoms with E-state index in [1.807, 2.05) is 24.3 Å². The first kappa shape index (κ1) is 8.05. The fraction of sp³-hybridized carbons (Fsp3) is 0.182. The van der Waals surface area contributed by atoms with Gasteiger partial charge in [0.1, 0.15) is 0 Å². The van der Waals surface area contributed by atoms with Crippen LogP contribution in [0.5, 0.6) is 0 Å². The van der Waals surface area contributed by atoms with Crippen molar-refractivity contribution >= 4 is 17.7 Å². The Morgan fingerprint density at radius 2 is 2.15 bits per heavy atom. The molecule has 0 saturated heterocycles. The van der Waals surface area contributed by atoms with Gasteiger partial charge in [-0.2, -0.15) is 0 Å². The second kappa shape index (κ2) is 3.44. The average Bonchev–Trinajstić information content (AvgIpc) is 2.38. The molecule has 0 amide bonds. The van der Waals surface area contributed by atoms with Crippen LogP contribution in [0.25, 0.3) is 6.08 Å². The number of rotatable bonds is 0. The largest absolute Gasteiger partial charge is 0.484 e. The van der Waals surface area contributed by atoms with Crippen LogP contribution in [0.4, 0.5) is 5.69 Å². The van der Waals surface area contributed by atoms with Crippen LogP contribution in [-0.2, 0) is 4.74 Å². The molecule has 2 heteroatoms. The maximum atomic E-state index is 5.13. The molecule has 2 rings (SSSR count). The summed E-state index contributed by atoms with van der Waals surface area (Å²) in [5, 5.41) is 0. The number of hydrogen-bond donors (Lipinski definition) is 0. The molecule has 1 aliphatic heterocycles. The van der Waals surface area contributed by atoms with Crippen LogP contribution in [0, 0.1) is 0 Å². The van der Waals surface area contributed by atoms with Crippen LogP contribution >= 0.6 is 0 Å². The number of para-hydroxylation sites is 1. The molecule has 13 heavy (non-hydrogen) atoms. The third-order valence-corrected chi connectivity index (χ3v) is 2.01. The third kappa shape index (κ3) is 1.61. The third-order valence-electron chi connectivity index (χ3n) is 2.01. The summed E-state index contributed by atoms with van der Waals surface area (Å²) < 4.78 is 5.13. The molecule has 0 N–H and O–H groups in total. The minimum absolute atomic E-state index is 0.765. The van der Waals surface area contributed by atoms with Gasteiger partial charge in [-0.15, -0.1) is 0 Å². The summed E-state index contributed by atoms with van der Waals surface area (Å²) in [5.41, 5.74) is 2.13. The topological polar surface area (TPSA) is 21.6 Å². The molecule has 0 aliphatic carbocycles. The number of aliphatic imine (C=N–C) groups is 1. The highest BCUT2D eigenvalue weighted by atomic mass is 16.5. The second-order valence-electron chi connectivity index (χ2n) is 2.87. The van der Waals surface area contributed by atoms with E-state index in [4.69, 9.17) is 4.74 Å². The smallest absolute Gasteiger partial charge is 0.192 e. The number of nitrogens with zero attached hydrogens (tertiary/aromatic N) is 1. The van der Waals surface area contributed by atoms with E-state index in [1.54, 1.807) is 7.11 Å². The Morgan fingerprint density at radius 1 is 1.31 bits per heavy atom. The summed E-state index contributed by atoms with van der Waals surface area (Å²) in [6, 6.07) is 8.03. The van der Waals surface area contributed by atoms with Crippen molar-refractivity contribution in [3.05, 3.63) is 35.9 Å². The highest BCUT2D eigenvalue weighted by Gasteiger charge is 2.03. The lowest BCUT2D eigenvalue weighted by molar-refractivity contribution is 0.395. The van der Waals surface area contributed by atoms with Gasteiger partial charge < -0.3 is 4.74 Å². The van der Waals surface area contributed by atoms with E-state index < -0.39 is 0 Å². The van der Waals surface area contributed by atoms with E-state index in [0.717, 1.165) is 23.6 Å². The van der Waals surface area contributed by atoms with Gasteiger partial charge in [-0.05, 0) is 11.6 Å². The first-order valence-corrected chi connectivity index (χ1v) is 4.27. The fourth-order valence-corrected chi connectivity index (χ4v) is 1.33. The molecule has 0 atom stereocenters. The molecule has 2 nitrogen and oxygen atoms in total. The first-order chi connectivity index (χ1) is 6.40. The lowest BCUT2D eigenvalue weighted by atomic mass is 10.2. The Labute approximate surface area is 77.6 Å². The SMILES string of the molecule is COC1=Nc2ccccc2C=CC1. The highest BCUT2D eigenvalue weighted by Crippen LogP contribution is 2.23. The Balaban J connectivity index is 2.49. The Morgan fingerprint density at radius 3 is 3.00 bits per heavy atom. The molecular weight excluding hydrogens is 162 g/mol. The molecule has 0 spiro atoms. The van der Waals surface area contributed by atoms with Gasteiger partial charge in [0.2, 0.25) is 0 Å². The summed E-state index contributed by atoms with van der Waals surface area (Å²) in [4.78, 5) is 4.39. The van der Waals surface area contributed by atoms with E-state index >= 15 is 0 Å². The molecule has 0 unspecified atom stereocenters. The van der Waals surface area contributed by atoms with E-state index in [1.165, 1.54) is 0 Å². The molecule has 0 aromatic heterocycles. The first-order valence-electron chi connectivity index (χ1n) is 4.27. The summed E-state index contributed by atoms with van der Waals surface area (Å²) in [7, 11) is 1.65. The predicted molar refractivity (Wildman–Crippen MR) is 54.2 cm³/mol. The van der Waals surface area contributed by atoms with Crippen LogP contribution in [0.1, 0.15) is 12.0 Å². The van der Waals surface area contributed by atoms with E-state index in [-0.39, 0.29) is 0 Å². The molecule has 1 aromatic rings. The molecule has 1 heterocycles. The maximum Gasteiger partial charge on any atom is 0.192 e. The van der Waals surface area contributed by atoms with Gasteiger partial charge in [-0.3, -0.25) is 0 Å². The lowest BCUT2D eigenvalue weighted by Gasteiger charge is -2.00. The minimum atomic E-state index is 0.765. The predicted octanol–water partition coefficient (Wildman–Crippen LogP) is 2.78. The van der Waals surface area contributed by atoms with Crippen molar-refractivity contribution < 1.29 is 4.74 Å². The van der Waals surface area contributed by atoms with Gasteiger partial charge in [0.05, 0.1) is 12.8 Å². The van der Waals surface area contributed by atoms with E-state index in [9.17, 15) is 0 Å². The Bertz CT molecular complexity index is 366. The van der Waals surface area contributed by atoms with Gasteiger partial charge in [-0.25, -0.2) is 4.99 Å². The van der Waals surface area contributed by atoms with Crippen molar-refractivity contribution in [2.45, 2.75) is 6.42 Å². The van der Waals surface area contributed by atoms with Crippen LogP contribution in [0.15, 0.2) is 35.3 Å². The zero-order valence-electron chi connectivity index (χ0n) is 7.53. The number of hydrogen-bond acceptors (Lipinski definition) is 2. The summed E-state index contributed by atoms with van der Waals surface area (Å²) in [6.45, 7) is 0. The minimum Gasteiger partial charge on any atom is -0.484 e. The van der Waals surface area contributed by atoms with Crippen LogP contribution < -0.4 is 0 Å². The van der Waals surface area contributed by atoms with Gasteiger partial charge in [0.15, 0.2) is 5.90 Å². The van der Waals surface area contributed by atoms with Crippen LogP contribution in [0.2, 0.25) is 0 Å². The molecule has 0 saturated carbocycles. The van der Waals surface area contributed by atoms with Crippen molar-refractivity contribution in [1.82, 2.24) is 0 Å². The van der Waals surface area contributed by atoms with Gasteiger partial charge in [0, 0.05) is 6.42 Å². The molecular formula is C11H11NO. The summed E-state index contributed by atoms with van der Waals surface area (Å²) >= 11 is 0. The standard InChI is InChI=1S/C11H11NO/c1-13-11-8-4-6-9-5-2-3-7-10(9)12-11/h2-7H,8H2,1H3. The van der Waals surface area contributed by atoms with Crippen molar-refractivity contribution in [1.29, 1.82) is 0 Å². The normalized spacial score (nSPS) is 14.4. The van der Waals surface area contributed by atoms with Gasteiger partial charge in [0.25, 0.3) is 0 Å². The molecule has 0 fully saturated rings. The Hall–Kier alpha value is -1.57. The quantitative estimate of drug-likeness (QED) is 0.591. The summed E-state index contributed by atoms with van der Waals surface area (Å²) in [6.07, 6.45) is 4.91. The van der Waals surface area contributed by atoms with Crippen LogP contribution in [0.3, 0.4) is 0 Å². The zero-order valence-corrected chi connectivity index (χ0v) is 7.53. The van der Waals surface area contributed by atoms with Crippen molar-refractivity contribution in [3.63, 3.8) is 0 Å². The average molecular weight is 173 g/mol. The van der Waals surface area contributed by atoms with E-state index in [0.29, 0.717) is 0 Å². The fourth-order valence-electron chi connectivity index (χ4n) is 1.33. The molecule has 0 bridgehead atoms. The van der Waals surface area contributed by atoms with Crippen LogP contribution in [-0.4, -0.2) is 13.0 Å². The molecule has 0 radical (unpaired) electrons. The number of fused-ring (bicyclic) bond motifs is 1. The molecule has 1 aliphatic rings. The number of methoxy groups -OCH3 is 1. The zero-order chi connectivity index (χ0) is 9.10. The number of benzene rings is 1. The van der Waals surface area contributed by atoms with E-state index in [2.05, 4.69) is 17.1 Å². The lowest BCUT2D eigenvalue weighted by Crippen LogP contribution is -1.97. The van der Waals surface area contributed by atoms with Gasteiger partial charge >= 0.3 is 0 Å². The Kier molecular flexibility index (Phi) is 2.13. The van der Waals surface area contributed by atoms with Crippen molar-refractivity contribution in [2.24, 2.45) is 4.99 Å². The second-order valence-corrected chi connectivity index (χ2v) is 2.87. The van der Waals surface area contributed by atoms with Crippen molar-refractivity contribution in [3.8, 4) is 0 Å². The van der Waals surface area contributed by atoms with Crippen molar-refractivity contribution in [2.75, 3.05) is 7.11 Å². The number of ether oxygens (including phenoxy) is 1.